The molecule has 0 aliphatic heterocycles. The van der Waals surface area contributed by atoms with Crippen LogP contribution in [0, 0.1) is 28.1 Å². The Bertz CT molecular complexity index is 819. The zero-order chi connectivity index (χ0) is 18.2. The highest BCUT2D eigenvalue weighted by molar-refractivity contribution is 5.95. The summed E-state index contributed by atoms with van der Waals surface area (Å²) in [4.78, 5) is 20.6. The minimum atomic E-state index is -0.0255. The number of aromatic nitrogens is 2. The van der Waals surface area contributed by atoms with Gasteiger partial charge in [-0.2, -0.15) is 5.26 Å². The number of nitrogens with one attached hydrogen (secondary N) is 1. The van der Waals surface area contributed by atoms with Crippen LogP contribution in [0.4, 0.5) is 5.82 Å². The van der Waals surface area contributed by atoms with Crippen LogP contribution in [0.5, 0.6) is 11.5 Å². The molecule has 0 radical (unpaired) electrons. The van der Waals surface area contributed by atoms with Gasteiger partial charge in [0.1, 0.15) is 29.1 Å². The fourth-order valence-electron chi connectivity index (χ4n) is 3.21. The molecule has 1 N–H and O–H groups in total. The topological polar surface area (TPSA) is 87.9 Å². The number of carbonyl (C=O) groups excluding carboxylic acids is 1. The molecule has 1 fully saturated rings. The molecular formula is C19H20N4O2. The Balaban J connectivity index is 1.63. The van der Waals surface area contributed by atoms with Crippen LogP contribution in [0.2, 0.25) is 0 Å². The molecule has 6 nitrogen and oxygen atoms in total. The maximum Gasteiger partial charge on any atom is 0.229 e. The second-order valence-electron chi connectivity index (χ2n) is 7.34. The van der Waals surface area contributed by atoms with Crippen LogP contribution in [0.25, 0.3) is 0 Å². The molecule has 3 rings (SSSR count). The van der Waals surface area contributed by atoms with Crippen molar-refractivity contribution in [2.45, 2.75) is 27.7 Å². The first kappa shape index (κ1) is 16.9. The molecule has 0 bridgehead atoms. The van der Waals surface area contributed by atoms with Crippen molar-refractivity contribution in [1.82, 2.24) is 9.97 Å². The summed E-state index contributed by atoms with van der Waals surface area (Å²) in [5, 5.41) is 11.6. The third-order valence-electron chi connectivity index (χ3n) is 5.36. The monoisotopic (exact) mass is 336 g/mol. The Kier molecular flexibility index (Phi) is 3.96. The van der Waals surface area contributed by atoms with E-state index in [1.807, 2.05) is 6.07 Å². The molecule has 2 heterocycles. The van der Waals surface area contributed by atoms with Gasteiger partial charge in [-0.1, -0.05) is 27.7 Å². The number of hydrogen-bond acceptors (Lipinski definition) is 5. The smallest absolute Gasteiger partial charge is 0.229 e. The highest BCUT2D eigenvalue weighted by Crippen LogP contribution is 2.68. The van der Waals surface area contributed by atoms with E-state index >= 15 is 0 Å². The van der Waals surface area contributed by atoms with Gasteiger partial charge >= 0.3 is 0 Å². The predicted octanol–water partition coefficient (Wildman–Crippen LogP) is 3.76. The lowest BCUT2D eigenvalue weighted by Gasteiger charge is -2.08. The Labute approximate surface area is 146 Å². The number of anilines is 1. The third-order valence-corrected chi connectivity index (χ3v) is 5.36. The largest absolute Gasteiger partial charge is 0.454 e. The van der Waals surface area contributed by atoms with E-state index in [0.717, 1.165) is 0 Å². The molecule has 6 heteroatoms. The zero-order valence-electron chi connectivity index (χ0n) is 14.7. The first-order valence-electron chi connectivity index (χ1n) is 8.06. The molecule has 1 aliphatic carbocycles. The van der Waals surface area contributed by atoms with Gasteiger partial charge in [0.2, 0.25) is 5.91 Å². The Morgan fingerprint density at radius 1 is 1.08 bits per heavy atom. The molecule has 0 saturated heterocycles. The van der Waals surface area contributed by atoms with Crippen molar-refractivity contribution >= 4 is 11.7 Å². The van der Waals surface area contributed by atoms with E-state index in [2.05, 4.69) is 43.0 Å². The molecule has 1 aliphatic rings. The van der Waals surface area contributed by atoms with Crippen LogP contribution in [0.1, 0.15) is 33.4 Å². The number of amides is 1. The lowest BCUT2D eigenvalue weighted by Crippen LogP contribution is -2.18. The molecule has 0 unspecified atom stereocenters. The predicted molar refractivity (Wildman–Crippen MR) is 92.9 cm³/mol. The number of hydrogen-bond donors (Lipinski definition) is 1. The van der Waals surface area contributed by atoms with E-state index in [1.165, 1.54) is 12.4 Å². The van der Waals surface area contributed by atoms with Crippen LogP contribution in [-0.2, 0) is 4.79 Å². The average Bonchev–Trinajstić information content (AvgIpc) is 2.99. The van der Waals surface area contributed by atoms with Crippen molar-refractivity contribution in [3.8, 4) is 17.6 Å². The van der Waals surface area contributed by atoms with Crippen molar-refractivity contribution in [1.29, 1.82) is 5.26 Å². The number of pyridine rings is 2. The zero-order valence-corrected chi connectivity index (χ0v) is 14.7. The fraction of sp³-hybridized carbons (Fsp3) is 0.368. The van der Waals surface area contributed by atoms with E-state index < -0.39 is 0 Å². The normalized spacial score (nSPS) is 17.4. The molecule has 0 spiro atoms. The molecule has 1 saturated carbocycles. The average molecular weight is 336 g/mol. The maximum atomic E-state index is 12.4. The minimum Gasteiger partial charge on any atom is -0.454 e. The van der Waals surface area contributed by atoms with Gasteiger partial charge in [-0.3, -0.25) is 4.79 Å². The van der Waals surface area contributed by atoms with Gasteiger partial charge in [-0.05, 0) is 35.1 Å². The lowest BCUT2D eigenvalue weighted by atomic mass is 10.0. The molecule has 2 aromatic rings. The Hall–Kier alpha value is -2.94. The van der Waals surface area contributed by atoms with Gasteiger partial charge < -0.3 is 10.1 Å². The lowest BCUT2D eigenvalue weighted by molar-refractivity contribution is -0.118. The number of rotatable bonds is 4. The van der Waals surface area contributed by atoms with Crippen molar-refractivity contribution in [3.05, 3.63) is 42.4 Å². The highest BCUT2D eigenvalue weighted by Gasteiger charge is 2.68. The molecule has 2 aromatic heterocycles. The summed E-state index contributed by atoms with van der Waals surface area (Å²) < 4.78 is 5.62. The van der Waals surface area contributed by atoms with Crippen molar-refractivity contribution in [2.75, 3.05) is 5.32 Å². The first-order valence-corrected chi connectivity index (χ1v) is 8.06. The quantitative estimate of drug-likeness (QED) is 0.918. The number of nitrogens with zero attached hydrogens (tertiary/aromatic N) is 3. The van der Waals surface area contributed by atoms with Crippen molar-refractivity contribution < 1.29 is 9.53 Å². The van der Waals surface area contributed by atoms with Crippen molar-refractivity contribution in [2.24, 2.45) is 16.7 Å². The standard InChI is InChI=1S/C19H20N4O2/c1-18(2)16(19(18,3)4)17(24)23-15-8-7-14(11-22-15)25-13-6-5-12(9-20)21-10-13/h5-8,10-11,16H,1-4H3,(H,22,23,24). The van der Waals surface area contributed by atoms with E-state index in [0.29, 0.717) is 23.0 Å². The second kappa shape index (κ2) is 5.85. The summed E-state index contributed by atoms with van der Waals surface area (Å²) in [6, 6.07) is 8.62. The van der Waals surface area contributed by atoms with E-state index in [9.17, 15) is 4.79 Å². The van der Waals surface area contributed by atoms with E-state index in [-0.39, 0.29) is 22.7 Å². The summed E-state index contributed by atoms with van der Waals surface area (Å²) in [6.45, 7) is 8.42. The van der Waals surface area contributed by atoms with E-state index in [4.69, 9.17) is 10.00 Å². The van der Waals surface area contributed by atoms with Crippen LogP contribution < -0.4 is 10.1 Å². The first-order chi connectivity index (χ1) is 11.8. The SMILES string of the molecule is CC1(C)C(C(=O)Nc2ccc(Oc3ccc(C#N)nc3)cn2)C1(C)C. The number of carbonyl (C=O) groups is 1. The van der Waals surface area contributed by atoms with Gasteiger partial charge in [-0.25, -0.2) is 9.97 Å². The van der Waals surface area contributed by atoms with Crippen LogP contribution in [0.3, 0.4) is 0 Å². The van der Waals surface area contributed by atoms with Gasteiger partial charge in [0.05, 0.1) is 12.4 Å². The molecule has 25 heavy (non-hydrogen) atoms. The number of ether oxygens (including phenoxy) is 1. The third kappa shape index (κ3) is 3.05. The summed E-state index contributed by atoms with van der Waals surface area (Å²) >= 11 is 0. The Morgan fingerprint density at radius 2 is 1.68 bits per heavy atom. The molecular weight excluding hydrogens is 316 g/mol. The van der Waals surface area contributed by atoms with Gasteiger partial charge in [0.25, 0.3) is 0 Å². The summed E-state index contributed by atoms with van der Waals surface area (Å²) in [7, 11) is 0. The maximum absolute atomic E-state index is 12.4. The van der Waals surface area contributed by atoms with Gasteiger partial charge in [0, 0.05) is 5.92 Å². The fourth-order valence-corrected chi connectivity index (χ4v) is 3.21. The van der Waals surface area contributed by atoms with Crippen LogP contribution >= 0.6 is 0 Å². The summed E-state index contributed by atoms with van der Waals surface area (Å²) in [5.41, 5.74) is 0.306. The Morgan fingerprint density at radius 3 is 2.12 bits per heavy atom. The van der Waals surface area contributed by atoms with Crippen molar-refractivity contribution in [3.63, 3.8) is 0 Å². The molecule has 1 amide bonds. The summed E-state index contributed by atoms with van der Waals surface area (Å²) in [5.74, 6) is 1.50. The van der Waals surface area contributed by atoms with Crippen LogP contribution in [-0.4, -0.2) is 15.9 Å². The van der Waals surface area contributed by atoms with Gasteiger partial charge in [-0.15, -0.1) is 0 Å². The van der Waals surface area contributed by atoms with E-state index in [1.54, 1.807) is 24.3 Å². The van der Waals surface area contributed by atoms with Crippen LogP contribution in [0.15, 0.2) is 36.7 Å². The molecule has 128 valence electrons. The second-order valence-corrected chi connectivity index (χ2v) is 7.34. The number of nitriles is 1. The highest BCUT2D eigenvalue weighted by atomic mass is 16.5. The summed E-state index contributed by atoms with van der Waals surface area (Å²) in [6.07, 6.45) is 3.02. The molecule has 0 aromatic carbocycles. The van der Waals surface area contributed by atoms with Gasteiger partial charge in [0.15, 0.2) is 0 Å². The minimum absolute atomic E-state index is 0.00698. The molecule has 0 atom stereocenters.